The van der Waals surface area contributed by atoms with Crippen molar-refractivity contribution in [1.82, 2.24) is 4.98 Å². The Kier molecular flexibility index (Phi) is 3.74. The average Bonchev–Trinajstić information content (AvgIpc) is 2.15. The van der Waals surface area contributed by atoms with Gasteiger partial charge in [-0.25, -0.2) is 0 Å². The van der Waals surface area contributed by atoms with Crippen molar-refractivity contribution in [2.75, 3.05) is 6.61 Å². The second-order valence-corrected chi connectivity index (χ2v) is 2.84. The summed E-state index contributed by atoms with van der Waals surface area (Å²) in [5, 5.41) is 8.60. The Balaban J connectivity index is 2.53. The molecular weight excluding hydrogens is 150 g/mol. The smallest absolute Gasteiger partial charge is 0.0434 e. The highest BCUT2D eigenvalue weighted by atomic mass is 16.2. The van der Waals surface area contributed by atoms with Crippen molar-refractivity contribution in [3.05, 3.63) is 29.6 Å². The van der Waals surface area contributed by atoms with E-state index in [1.807, 2.05) is 12.3 Å². The number of nitrogens with zero attached hydrogens (tertiary/aromatic N) is 1. The molecule has 0 radical (unpaired) electrons. The third kappa shape index (κ3) is 2.62. The molecule has 0 saturated heterocycles. The van der Waals surface area contributed by atoms with Crippen molar-refractivity contribution >= 4 is 0 Å². The van der Waals surface area contributed by atoms with Crippen molar-refractivity contribution in [1.29, 1.82) is 0 Å². The van der Waals surface area contributed by atoms with E-state index in [2.05, 4.69) is 18.0 Å². The molecule has 2 nitrogen and oxygen atoms in total. The zero-order chi connectivity index (χ0) is 8.81. The molecule has 1 aromatic rings. The molecule has 0 unspecified atom stereocenters. The fraction of sp³-hybridized carbons (Fsp3) is 0.500. The minimum atomic E-state index is 0.247. The first kappa shape index (κ1) is 9.20. The van der Waals surface area contributed by atoms with Crippen molar-refractivity contribution in [3.8, 4) is 0 Å². The minimum Gasteiger partial charge on any atom is -0.396 e. The molecule has 1 N–H and O–H groups in total. The van der Waals surface area contributed by atoms with E-state index >= 15 is 0 Å². The second kappa shape index (κ2) is 4.88. The van der Waals surface area contributed by atoms with Crippen LogP contribution in [0.2, 0.25) is 0 Å². The maximum atomic E-state index is 8.60. The van der Waals surface area contributed by atoms with Crippen LogP contribution in [0.25, 0.3) is 0 Å². The molecular formula is C10H15NO. The first-order valence-electron chi connectivity index (χ1n) is 4.41. The van der Waals surface area contributed by atoms with Gasteiger partial charge in [-0.3, -0.25) is 4.98 Å². The summed E-state index contributed by atoms with van der Waals surface area (Å²) in [4.78, 5) is 4.28. The molecule has 1 aromatic heterocycles. The maximum Gasteiger partial charge on any atom is 0.0434 e. The average molecular weight is 165 g/mol. The molecule has 12 heavy (non-hydrogen) atoms. The van der Waals surface area contributed by atoms with Gasteiger partial charge in [-0.2, -0.15) is 0 Å². The number of aliphatic hydroxyl groups excluding tert-OH is 1. The Morgan fingerprint density at radius 1 is 1.42 bits per heavy atom. The van der Waals surface area contributed by atoms with Gasteiger partial charge in [-0.1, -0.05) is 13.0 Å². The van der Waals surface area contributed by atoms with Crippen LogP contribution in [0.15, 0.2) is 18.3 Å². The number of rotatable bonds is 4. The van der Waals surface area contributed by atoms with E-state index in [0.29, 0.717) is 0 Å². The molecule has 66 valence electrons. The van der Waals surface area contributed by atoms with Gasteiger partial charge in [0.15, 0.2) is 0 Å². The lowest BCUT2D eigenvalue weighted by atomic mass is 10.2. The van der Waals surface area contributed by atoms with Crippen LogP contribution in [0.3, 0.4) is 0 Å². The third-order valence-electron chi connectivity index (χ3n) is 1.89. The van der Waals surface area contributed by atoms with E-state index in [0.717, 1.165) is 25.0 Å². The van der Waals surface area contributed by atoms with Crippen LogP contribution < -0.4 is 0 Å². The van der Waals surface area contributed by atoms with Gasteiger partial charge in [0.2, 0.25) is 0 Å². The van der Waals surface area contributed by atoms with Crippen LogP contribution in [-0.4, -0.2) is 16.7 Å². The van der Waals surface area contributed by atoms with Gasteiger partial charge in [0.25, 0.3) is 0 Å². The number of aliphatic hydroxyl groups is 1. The molecule has 0 aliphatic heterocycles. The first-order chi connectivity index (χ1) is 5.86. The van der Waals surface area contributed by atoms with Gasteiger partial charge >= 0.3 is 0 Å². The molecule has 0 aromatic carbocycles. The second-order valence-electron chi connectivity index (χ2n) is 2.84. The molecule has 0 fully saturated rings. The predicted octanol–water partition coefficient (Wildman–Crippen LogP) is 1.57. The molecule has 0 atom stereocenters. The molecule has 0 amide bonds. The lowest BCUT2D eigenvalue weighted by Gasteiger charge is -1.99. The monoisotopic (exact) mass is 165 g/mol. The zero-order valence-electron chi connectivity index (χ0n) is 7.45. The lowest BCUT2D eigenvalue weighted by Crippen LogP contribution is -1.93. The maximum absolute atomic E-state index is 8.60. The molecule has 0 aliphatic rings. The first-order valence-corrected chi connectivity index (χ1v) is 4.41. The zero-order valence-corrected chi connectivity index (χ0v) is 7.45. The highest BCUT2D eigenvalue weighted by Crippen LogP contribution is 2.02. The molecule has 0 aliphatic carbocycles. The topological polar surface area (TPSA) is 33.1 Å². The Morgan fingerprint density at radius 3 is 2.75 bits per heavy atom. The molecule has 0 saturated carbocycles. The van der Waals surface area contributed by atoms with Gasteiger partial charge in [0.1, 0.15) is 0 Å². The lowest BCUT2D eigenvalue weighted by molar-refractivity contribution is 0.288. The molecule has 1 rings (SSSR count). The quantitative estimate of drug-likeness (QED) is 0.734. The molecule has 0 spiro atoms. The number of hydrogen-bond donors (Lipinski definition) is 1. The SMILES string of the molecule is CCc1ccc(CCCO)nc1. The van der Waals surface area contributed by atoms with E-state index in [1.165, 1.54) is 5.56 Å². The van der Waals surface area contributed by atoms with Crippen LogP contribution in [0.5, 0.6) is 0 Å². The van der Waals surface area contributed by atoms with Gasteiger partial charge < -0.3 is 5.11 Å². The van der Waals surface area contributed by atoms with Gasteiger partial charge in [-0.15, -0.1) is 0 Å². The van der Waals surface area contributed by atoms with Crippen LogP contribution in [0.4, 0.5) is 0 Å². The van der Waals surface area contributed by atoms with Crippen molar-refractivity contribution in [2.45, 2.75) is 26.2 Å². The van der Waals surface area contributed by atoms with E-state index in [4.69, 9.17) is 5.11 Å². The Bertz CT molecular complexity index is 218. The largest absolute Gasteiger partial charge is 0.396 e. The van der Waals surface area contributed by atoms with Crippen LogP contribution in [-0.2, 0) is 12.8 Å². The normalized spacial score (nSPS) is 10.2. The Morgan fingerprint density at radius 2 is 2.25 bits per heavy atom. The minimum absolute atomic E-state index is 0.247. The summed E-state index contributed by atoms with van der Waals surface area (Å²) in [6.07, 6.45) is 4.62. The van der Waals surface area contributed by atoms with Crippen molar-refractivity contribution in [3.63, 3.8) is 0 Å². The van der Waals surface area contributed by atoms with E-state index < -0.39 is 0 Å². The summed E-state index contributed by atoms with van der Waals surface area (Å²) in [5.41, 5.74) is 2.34. The molecule has 2 heteroatoms. The van der Waals surface area contributed by atoms with E-state index in [-0.39, 0.29) is 6.61 Å². The van der Waals surface area contributed by atoms with Crippen LogP contribution in [0, 0.1) is 0 Å². The summed E-state index contributed by atoms with van der Waals surface area (Å²) in [7, 11) is 0. The predicted molar refractivity (Wildman–Crippen MR) is 49.0 cm³/mol. The molecule has 1 heterocycles. The van der Waals surface area contributed by atoms with Gasteiger partial charge in [0, 0.05) is 18.5 Å². The van der Waals surface area contributed by atoms with E-state index in [1.54, 1.807) is 0 Å². The highest BCUT2D eigenvalue weighted by Gasteiger charge is 1.93. The fourth-order valence-corrected chi connectivity index (χ4v) is 1.07. The Hall–Kier alpha value is -0.890. The van der Waals surface area contributed by atoms with Crippen molar-refractivity contribution in [2.24, 2.45) is 0 Å². The van der Waals surface area contributed by atoms with Gasteiger partial charge in [-0.05, 0) is 30.9 Å². The number of aryl methyl sites for hydroxylation is 2. The van der Waals surface area contributed by atoms with Crippen LogP contribution in [0.1, 0.15) is 24.6 Å². The Labute approximate surface area is 73.3 Å². The molecule has 0 bridgehead atoms. The summed E-state index contributed by atoms with van der Waals surface area (Å²) < 4.78 is 0. The third-order valence-corrected chi connectivity index (χ3v) is 1.89. The highest BCUT2D eigenvalue weighted by molar-refractivity contribution is 5.13. The summed E-state index contributed by atoms with van der Waals surface area (Å²) in [6, 6.07) is 4.13. The van der Waals surface area contributed by atoms with Crippen LogP contribution >= 0.6 is 0 Å². The standard InChI is InChI=1S/C10H15NO/c1-2-9-5-6-10(11-8-9)4-3-7-12/h5-6,8,12H,2-4,7H2,1H3. The summed E-state index contributed by atoms with van der Waals surface area (Å²) >= 11 is 0. The van der Waals surface area contributed by atoms with Gasteiger partial charge in [0.05, 0.1) is 0 Å². The summed E-state index contributed by atoms with van der Waals surface area (Å²) in [6.45, 7) is 2.36. The number of pyridine rings is 1. The number of hydrogen-bond acceptors (Lipinski definition) is 2. The number of aromatic nitrogens is 1. The van der Waals surface area contributed by atoms with Crippen molar-refractivity contribution < 1.29 is 5.11 Å². The summed E-state index contributed by atoms with van der Waals surface area (Å²) in [5.74, 6) is 0. The fourth-order valence-electron chi connectivity index (χ4n) is 1.07. The van der Waals surface area contributed by atoms with E-state index in [9.17, 15) is 0 Å².